The van der Waals surface area contributed by atoms with Crippen molar-refractivity contribution in [1.82, 2.24) is 15.0 Å². The Bertz CT molecular complexity index is 410. The quantitative estimate of drug-likeness (QED) is 0.894. The molecule has 0 aliphatic carbocycles. The van der Waals surface area contributed by atoms with E-state index in [-0.39, 0.29) is 0 Å². The van der Waals surface area contributed by atoms with Crippen LogP contribution in [-0.2, 0) is 11.3 Å². The Balaban J connectivity index is 2.08. The summed E-state index contributed by atoms with van der Waals surface area (Å²) in [6.45, 7) is 7.50. The van der Waals surface area contributed by atoms with Gasteiger partial charge in [0.2, 0.25) is 0 Å². The van der Waals surface area contributed by atoms with Crippen LogP contribution in [0.25, 0.3) is 0 Å². The minimum absolute atomic E-state index is 0.609. The molecule has 0 atom stereocenters. The molecule has 0 amide bonds. The summed E-state index contributed by atoms with van der Waals surface area (Å²) in [5.74, 6) is 0.609. The number of nitrogen functional groups attached to an aromatic ring is 1. The second kappa shape index (κ2) is 7.19. The van der Waals surface area contributed by atoms with Gasteiger partial charge in [-0.2, -0.15) is 0 Å². The molecule has 1 aliphatic heterocycles. The molecule has 19 heavy (non-hydrogen) atoms. The van der Waals surface area contributed by atoms with E-state index < -0.39 is 0 Å². The number of hydrogen-bond acceptors (Lipinski definition) is 5. The van der Waals surface area contributed by atoms with E-state index in [0.717, 1.165) is 55.8 Å². The minimum atomic E-state index is 0.609. The van der Waals surface area contributed by atoms with E-state index in [1.54, 1.807) is 6.20 Å². The zero-order chi connectivity index (χ0) is 13.7. The van der Waals surface area contributed by atoms with E-state index in [9.17, 15) is 0 Å². The lowest BCUT2D eigenvalue weighted by molar-refractivity contribution is -0.0952. The van der Waals surface area contributed by atoms with Crippen LogP contribution in [0.1, 0.15) is 18.9 Å². The van der Waals surface area contributed by atoms with Crippen LogP contribution < -0.4 is 5.73 Å². The number of aromatic nitrogens is 1. The van der Waals surface area contributed by atoms with Crippen LogP contribution in [0.5, 0.6) is 0 Å². The lowest BCUT2D eigenvalue weighted by Crippen LogP contribution is -2.48. The fourth-order valence-corrected chi connectivity index (χ4v) is 2.61. The number of ether oxygens (including phenoxy) is 1. The number of nitrogens with two attached hydrogens (primary N) is 1. The van der Waals surface area contributed by atoms with Crippen molar-refractivity contribution in [2.24, 2.45) is 0 Å². The number of halogens is 1. The van der Waals surface area contributed by atoms with Crippen LogP contribution in [0.3, 0.4) is 0 Å². The number of morpholine rings is 1. The maximum Gasteiger partial charge on any atom is 0.127 e. The predicted octanol–water partition coefficient (Wildman–Crippen LogP) is 1.89. The topological polar surface area (TPSA) is 54.6 Å². The van der Waals surface area contributed by atoms with E-state index >= 15 is 0 Å². The molecule has 0 radical (unpaired) electrons. The van der Waals surface area contributed by atoms with Gasteiger partial charge in [-0.25, -0.2) is 15.0 Å². The Labute approximate surface area is 122 Å². The molecule has 2 rings (SSSR count). The summed E-state index contributed by atoms with van der Waals surface area (Å²) in [7, 11) is 0. The van der Waals surface area contributed by atoms with Crippen LogP contribution in [0.4, 0.5) is 5.82 Å². The molecule has 2 N–H and O–H groups in total. The van der Waals surface area contributed by atoms with Crippen molar-refractivity contribution in [1.29, 1.82) is 0 Å². The third-order valence-corrected chi connectivity index (χ3v) is 3.62. The third kappa shape index (κ3) is 4.14. The summed E-state index contributed by atoms with van der Waals surface area (Å²) in [5.41, 5.74) is 7.03. The Kier molecular flexibility index (Phi) is 5.57. The monoisotopic (exact) mass is 328 g/mol. The molecule has 1 aromatic rings. The predicted molar refractivity (Wildman–Crippen MR) is 79.4 cm³/mol. The fourth-order valence-electron chi connectivity index (χ4n) is 2.23. The Morgan fingerprint density at radius 1 is 1.47 bits per heavy atom. The number of rotatable bonds is 5. The van der Waals surface area contributed by atoms with Crippen LogP contribution in [-0.4, -0.2) is 47.8 Å². The summed E-state index contributed by atoms with van der Waals surface area (Å²) >= 11 is 3.45. The molecule has 5 nitrogen and oxygen atoms in total. The highest BCUT2D eigenvalue weighted by Gasteiger charge is 2.19. The van der Waals surface area contributed by atoms with E-state index in [2.05, 4.69) is 37.9 Å². The van der Waals surface area contributed by atoms with E-state index in [0.29, 0.717) is 5.82 Å². The van der Waals surface area contributed by atoms with Gasteiger partial charge in [0.15, 0.2) is 0 Å². The molecule has 1 fully saturated rings. The molecule has 2 heterocycles. The maximum atomic E-state index is 5.96. The zero-order valence-corrected chi connectivity index (χ0v) is 12.9. The molecule has 1 aromatic heterocycles. The van der Waals surface area contributed by atoms with Gasteiger partial charge >= 0.3 is 0 Å². The van der Waals surface area contributed by atoms with Crippen molar-refractivity contribution in [3.63, 3.8) is 0 Å². The average Bonchev–Trinajstić information content (AvgIpc) is 2.43. The second-order valence-electron chi connectivity index (χ2n) is 4.65. The van der Waals surface area contributed by atoms with Crippen molar-refractivity contribution >= 4 is 21.7 Å². The maximum absolute atomic E-state index is 5.96. The summed E-state index contributed by atoms with van der Waals surface area (Å²) in [4.78, 5) is 4.20. The lowest BCUT2D eigenvalue weighted by atomic mass is 10.2. The minimum Gasteiger partial charge on any atom is -0.383 e. The molecule has 0 spiro atoms. The number of pyridine rings is 1. The normalized spacial score (nSPS) is 17.0. The van der Waals surface area contributed by atoms with Gasteiger partial charge in [0, 0.05) is 42.4 Å². The largest absolute Gasteiger partial charge is 0.383 e. The average molecular weight is 329 g/mol. The molecule has 0 aromatic carbocycles. The van der Waals surface area contributed by atoms with Crippen LogP contribution >= 0.6 is 15.9 Å². The van der Waals surface area contributed by atoms with Crippen molar-refractivity contribution in [2.45, 2.75) is 19.9 Å². The fraction of sp³-hybridized carbons (Fsp3) is 0.615. The third-order valence-electron chi connectivity index (χ3n) is 3.19. The number of hydrazine groups is 1. The molecule has 0 saturated carbocycles. The molecule has 1 aliphatic rings. The van der Waals surface area contributed by atoms with E-state index in [1.165, 1.54) is 0 Å². The highest BCUT2D eigenvalue weighted by molar-refractivity contribution is 9.10. The standard InChI is InChI=1S/C13H21BrN4O/c1-2-3-18(17-4-6-19-7-5-17)10-11-8-12(14)9-16-13(11)15/h8-9H,2-7,10H2,1H3,(H2,15,16). The molecule has 6 heteroatoms. The van der Waals surface area contributed by atoms with Gasteiger partial charge in [-0.3, -0.25) is 0 Å². The first kappa shape index (κ1) is 14.7. The summed E-state index contributed by atoms with van der Waals surface area (Å²) < 4.78 is 6.38. The number of anilines is 1. The van der Waals surface area contributed by atoms with Crippen LogP contribution in [0, 0.1) is 0 Å². The SMILES string of the molecule is CCCN(Cc1cc(Br)cnc1N)N1CCOCC1. The van der Waals surface area contributed by atoms with E-state index in [4.69, 9.17) is 10.5 Å². The lowest BCUT2D eigenvalue weighted by Gasteiger charge is -2.37. The first-order chi connectivity index (χ1) is 9.20. The first-order valence-electron chi connectivity index (χ1n) is 6.68. The molecule has 0 unspecified atom stereocenters. The summed E-state index contributed by atoms with van der Waals surface area (Å²) in [6, 6.07) is 2.05. The number of hydrogen-bond donors (Lipinski definition) is 1. The van der Waals surface area contributed by atoms with Crippen LogP contribution in [0.2, 0.25) is 0 Å². The van der Waals surface area contributed by atoms with E-state index in [1.807, 2.05) is 6.07 Å². The van der Waals surface area contributed by atoms with Gasteiger partial charge in [0.1, 0.15) is 5.82 Å². The summed E-state index contributed by atoms with van der Waals surface area (Å²) in [6.07, 6.45) is 2.84. The van der Waals surface area contributed by atoms with Gasteiger partial charge in [-0.1, -0.05) is 6.92 Å². The highest BCUT2D eigenvalue weighted by atomic mass is 79.9. The van der Waals surface area contributed by atoms with Gasteiger partial charge in [0.05, 0.1) is 13.2 Å². The van der Waals surface area contributed by atoms with Crippen molar-refractivity contribution in [2.75, 3.05) is 38.6 Å². The Morgan fingerprint density at radius 3 is 2.89 bits per heavy atom. The smallest absolute Gasteiger partial charge is 0.127 e. The van der Waals surface area contributed by atoms with Gasteiger partial charge in [-0.15, -0.1) is 0 Å². The zero-order valence-electron chi connectivity index (χ0n) is 11.3. The summed E-state index contributed by atoms with van der Waals surface area (Å²) in [5, 5.41) is 4.70. The first-order valence-corrected chi connectivity index (χ1v) is 7.47. The Hall–Kier alpha value is -0.690. The van der Waals surface area contributed by atoms with Gasteiger partial charge < -0.3 is 10.5 Å². The van der Waals surface area contributed by atoms with Crippen molar-refractivity contribution < 1.29 is 4.74 Å². The molecule has 106 valence electrons. The highest BCUT2D eigenvalue weighted by Crippen LogP contribution is 2.19. The molecular formula is C13H21BrN4O. The molecular weight excluding hydrogens is 308 g/mol. The van der Waals surface area contributed by atoms with Gasteiger partial charge in [-0.05, 0) is 28.4 Å². The van der Waals surface area contributed by atoms with Gasteiger partial charge in [0.25, 0.3) is 0 Å². The second-order valence-corrected chi connectivity index (χ2v) is 5.57. The van der Waals surface area contributed by atoms with Crippen LogP contribution in [0.15, 0.2) is 16.7 Å². The van der Waals surface area contributed by atoms with Crippen molar-refractivity contribution in [3.8, 4) is 0 Å². The Morgan fingerprint density at radius 2 is 2.21 bits per heavy atom. The molecule has 0 bridgehead atoms. The molecule has 1 saturated heterocycles. The van der Waals surface area contributed by atoms with Crippen molar-refractivity contribution in [3.05, 3.63) is 22.3 Å². The number of nitrogens with zero attached hydrogens (tertiary/aromatic N) is 3.